The summed E-state index contributed by atoms with van der Waals surface area (Å²) in [6.45, 7) is 3.56. The molecule has 2 aromatic carbocycles. The number of amides is 1. The van der Waals surface area contributed by atoms with Gasteiger partial charge in [-0.3, -0.25) is 9.59 Å². The van der Waals surface area contributed by atoms with Crippen LogP contribution in [0.2, 0.25) is 0 Å². The zero-order chi connectivity index (χ0) is 26.4. The Morgan fingerprint density at radius 1 is 1.03 bits per heavy atom. The summed E-state index contributed by atoms with van der Waals surface area (Å²) in [6.07, 6.45) is 1.58. The molecule has 37 heavy (non-hydrogen) atoms. The van der Waals surface area contributed by atoms with E-state index in [1.54, 1.807) is 0 Å². The molecule has 9 heteroatoms. The van der Waals surface area contributed by atoms with Crippen LogP contribution in [0.15, 0.2) is 60.7 Å². The topological polar surface area (TPSA) is 111 Å². The van der Waals surface area contributed by atoms with Crippen LogP contribution in [0.5, 0.6) is 0 Å². The van der Waals surface area contributed by atoms with Crippen LogP contribution in [0.3, 0.4) is 0 Å². The monoisotopic (exact) mass is 525 g/mol. The Bertz CT molecular complexity index is 1260. The molecule has 2 aliphatic rings. The van der Waals surface area contributed by atoms with Gasteiger partial charge in [-0.25, -0.2) is 4.79 Å². The molecule has 0 bridgehead atoms. The van der Waals surface area contributed by atoms with E-state index in [1.807, 2.05) is 67.6 Å². The molecule has 2 aromatic rings. The number of benzene rings is 2. The molecule has 0 radical (unpaired) electrons. The van der Waals surface area contributed by atoms with Gasteiger partial charge in [-0.15, -0.1) is 0 Å². The molecule has 0 aliphatic carbocycles. The Morgan fingerprint density at radius 3 is 2.24 bits per heavy atom. The van der Waals surface area contributed by atoms with E-state index in [-0.39, 0.29) is 24.7 Å². The third-order valence-corrected chi connectivity index (χ3v) is 11.1. The van der Waals surface area contributed by atoms with E-state index >= 15 is 0 Å². The number of nitrogens with one attached hydrogen (secondary N) is 1. The van der Waals surface area contributed by atoms with E-state index in [1.165, 1.54) is 7.11 Å². The average Bonchev–Trinajstić information content (AvgIpc) is 3.21. The molecule has 2 aliphatic heterocycles. The van der Waals surface area contributed by atoms with Crippen molar-refractivity contribution >= 4 is 41.9 Å². The highest BCUT2D eigenvalue weighted by Gasteiger charge is 2.45. The van der Waals surface area contributed by atoms with Gasteiger partial charge >= 0.3 is 11.3 Å². The van der Waals surface area contributed by atoms with E-state index in [0.29, 0.717) is 4.86 Å². The summed E-state index contributed by atoms with van der Waals surface area (Å²) in [5, 5.41) is 2.91. The smallest absolute Gasteiger partial charge is 0.359 e. The van der Waals surface area contributed by atoms with Crippen molar-refractivity contribution in [3.63, 3.8) is 0 Å². The SMILES string of the molecule is COC(=O)CCS1(C(=O)OCc2ccccc2)=C(C(N)=O)C(C)N(c2ccccc2)C=1C1CCNCC1. The molecule has 8 nitrogen and oxygen atoms in total. The summed E-state index contributed by atoms with van der Waals surface area (Å²) in [7, 11) is -1.43. The molecule has 1 amide bonds. The van der Waals surface area contributed by atoms with E-state index in [2.05, 4.69) is 10.2 Å². The van der Waals surface area contributed by atoms with Gasteiger partial charge in [0.05, 0.1) is 29.4 Å². The summed E-state index contributed by atoms with van der Waals surface area (Å²) in [5.74, 6) is -0.924. The minimum Gasteiger partial charge on any atom is -0.469 e. The Labute approximate surface area is 218 Å². The molecule has 0 saturated carbocycles. The molecule has 2 unspecified atom stereocenters. The Morgan fingerprint density at radius 2 is 1.65 bits per heavy atom. The number of hydrogen-bond donors (Lipinski definition) is 2. The summed E-state index contributed by atoms with van der Waals surface area (Å²) in [4.78, 5) is 43.2. The Kier molecular flexibility index (Phi) is 8.56. The molecular formula is C28H35N3O5S. The standard InChI is InChI=1S/C28H35N3O5S/c1-20-25(26(29)33)37(18-15-24(32)35-2,28(34)36-19-21-9-5-3-6-10-21)27(22-13-16-30-17-14-22)31(20)23-11-7-4-8-12-23/h3-12,20,22,30H,13-19H2,1-2H3,(H2,29,33). The third-order valence-electron chi connectivity index (χ3n) is 7.03. The molecule has 1 fully saturated rings. The van der Waals surface area contributed by atoms with E-state index in [0.717, 1.165) is 42.2 Å². The number of nitrogens with two attached hydrogens (primary N) is 1. The first-order valence-electron chi connectivity index (χ1n) is 12.6. The highest BCUT2D eigenvalue weighted by Crippen LogP contribution is 2.46. The lowest BCUT2D eigenvalue weighted by atomic mass is 9.96. The first-order valence-corrected chi connectivity index (χ1v) is 14.4. The number of nitrogens with zero attached hydrogens (tertiary/aromatic N) is 1. The number of carbonyl (C=O) groups excluding carboxylic acids is 3. The number of rotatable bonds is 8. The maximum Gasteiger partial charge on any atom is 0.359 e. The van der Waals surface area contributed by atoms with Crippen LogP contribution in [-0.4, -0.2) is 59.0 Å². The number of esters is 1. The van der Waals surface area contributed by atoms with Crippen LogP contribution in [0.1, 0.15) is 31.7 Å². The van der Waals surface area contributed by atoms with Crippen LogP contribution in [0.25, 0.3) is 0 Å². The van der Waals surface area contributed by atoms with E-state index in [4.69, 9.17) is 15.2 Å². The molecule has 0 spiro atoms. The lowest BCUT2D eigenvalue weighted by Crippen LogP contribution is -2.46. The molecular weight excluding hydrogens is 490 g/mol. The molecule has 2 atom stereocenters. The summed E-state index contributed by atoms with van der Waals surface area (Å²) in [5.41, 5.74) is 7.77. The fourth-order valence-electron chi connectivity index (χ4n) is 5.38. The maximum absolute atomic E-state index is 14.3. The minimum atomic E-state index is -2.75. The lowest BCUT2D eigenvalue weighted by molar-refractivity contribution is -0.140. The number of anilines is 1. The molecule has 1 saturated heterocycles. The average molecular weight is 526 g/mol. The number of methoxy groups -OCH3 is 1. The van der Waals surface area contributed by atoms with Crippen molar-refractivity contribution in [2.24, 2.45) is 11.7 Å². The number of piperidine rings is 1. The summed E-state index contributed by atoms with van der Waals surface area (Å²) >= 11 is 0. The fourth-order valence-corrected chi connectivity index (χ4v) is 9.72. The predicted octanol–water partition coefficient (Wildman–Crippen LogP) is 3.39. The predicted molar refractivity (Wildman–Crippen MR) is 149 cm³/mol. The van der Waals surface area contributed by atoms with Crippen LogP contribution in [0, 0.1) is 5.92 Å². The minimum absolute atomic E-state index is 0.0210. The molecule has 0 aromatic heterocycles. The molecule has 2 heterocycles. The summed E-state index contributed by atoms with van der Waals surface area (Å²) in [6, 6.07) is 18.7. The second-order valence-electron chi connectivity index (χ2n) is 9.27. The van der Waals surface area contributed by atoms with Gasteiger partial charge in [0.1, 0.15) is 6.61 Å². The quantitative estimate of drug-likeness (QED) is 0.401. The van der Waals surface area contributed by atoms with Crippen LogP contribution >= 0.6 is 9.21 Å². The number of hydrogen-bond acceptors (Lipinski definition) is 7. The summed E-state index contributed by atoms with van der Waals surface area (Å²) < 4.78 is 10.9. The lowest BCUT2D eigenvalue weighted by Gasteiger charge is -2.36. The first kappa shape index (κ1) is 26.8. The number of carbonyl (C=O) groups is 3. The molecule has 4 rings (SSSR count). The van der Waals surface area contributed by atoms with Crippen LogP contribution in [0.4, 0.5) is 10.5 Å². The zero-order valence-corrected chi connectivity index (χ0v) is 22.2. The van der Waals surface area contributed by atoms with Crippen LogP contribution < -0.4 is 16.0 Å². The maximum atomic E-state index is 14.3. The molecule has 3 N–H and O–H groups in total. The van der Waals surface area contributed by atoms with E-state index in [9.17, 15) is 14.4 Å². The fraction of sp³-hybridized carbons (Fsp3) is 0.393. The van der Waals surface area contributed by atoms with Gasteiger partial charge < -0.3 is 25.4 Å². The van der Waals surface area contributed by atoms with Gasteiger partial charge in [-0.05, 0) is 50.6 Å². The highest BCUT2D eigenvalue weighted by molar-refractivity contribution is 8.43. The number of para-hydroxylation sites is 1. The molecule has 198 valence electrons. The van der Waals surface area contributed by atoms with Crippen molar-refractivity contribution in [2.75, 3.05) is 30.9 Å². The van der Waals surface area contributed by atoms with Gasteiger partial charge in [0.2, 0.25) is 0 Å². The Balaban J connectivity index is 1.97. The van der Waals surface area contributed by atoms with E-state index < -0.39 is 32.4 Å². The van der Waals surface area contributed by atoms with Crippen molar-refractivity contribution in [1.29, 1.82) is 0 Å². The van der Waals surface area contributed by atoms with Gasteiger partial charge in [0.15, 0.2) is 0 Å². The second-order valence-corrected chi connectivity index (χ2v) is 12.3. The highest BCUT2D eigenvalue weighted by atomic mass is 32.2. The van der Waals surface area contributed by atoms with Crippen molar-refractivity contribution in [3.8, 4) is 0 Å². The normalized spacial score (nSPS) is 22.1. The largest absolute Gasteiger partial charge is 0.469 e. The van der Waals surface area contributed by atoms with Gasteiger partial charge in [-0.1, -0.05) is 57.7 Å². The van der Waals surface area contributed by atoms with Crippen molar-refractivity contribution < 1.29 is 23.9 Å². The van der Waals surface area contributed by atoms with Crippen molar-refractivity contribution in [2.45, 2.75) is 38.8 Å². The number of primary amides is 1. The number of ether oxygens (including phenoxy) is 2. The first-order chi connectivity index (χ1) is 17.9. The van der Waals surface area contributed by atoms with Crippen LogP contribution in [-0.2, 0) is 25.7 Å². The Hall–Kier alpha value is -3.30. The van der Waals surface area contributed by atoms with Gasteiger partial charge in [0, 0.05) is 17.4 Å². The second kappa shape index (κ2) is 11.8. The van der Waals surface area contributed by atoms with Crippen molar-refractivity contribution in [1.82, 2.24) is 5.32 Å². The third kappa shape index (κ3) is 5.38. The van der Waals surface area contributed by atoms with Gasteiger partial charge in [-0.2, -0.15) is 0 Å². The van der Waals surface area contributed by atoms with Crippen molar-refractivity contribution in [3.05, 3.63) is 66.2 Å². The van der Waals surface area contributed by atoms with Gasteiger partial charge in [0.25, 0.3) is 5.91 Å². The zero-order valence-electron chi connectivity index (χ0n) is 21.4.